The third kappa shape index (κ3) is 3.19. The molecule has 2 aromatic rings. The summed E-state index contributed by atoms with van der Waals surface area (Å²) in [6.07, 6.45) is 0. The van der Waals surface area contributed by atoms with E-state index in [2.05, 4.69) is 25.6 Å². The highest BCUT2D eigenvalue weighted by molar-refractivity contribution is 9.10. The minimum Gasteiger partial charge on any atom is -0.462 e. The van der Waals surface area contributed by atoms with Gasteiger partial charge in [-0.3, -0.25) is 0 Å². The molecule has 0 spiro atoms. The van der Waals surface area contributed by atoms with E-state index in [1.54, 1.807) is 13.8 Å². The van der Waals surface area contributed by atoms with Crippen molar-refractivity contribution in [1.82, 2.24) is 4.37 Å². The molecule has 1 aromatic heterocycles. The summed E-state index contributed by atoms with van der Waals surface area (Å²) < 4.78 is 10.3. The maximum atomic E-state index is 12.0. The molecule has 1 aromatic carbocycles. The zero-order valence-corrected chi connectivity index (χ0v) is 13.9. The number of esters is 1. The molecular weight excluding hydrogens is 340 g/mol. The number of halogens is 1. The van der Waals surface area contributed by atoms with Gasteiger partial charge in [0, 0.05) is 10.2 Å². The van der Waals surface area contributed by atoms with Crippen LogP contribution in [0.3, 0.4) is 0 Å². The number of rotatable bonds is 4. The first-order chi connectivity index (χ1) is 9.52. The van der Waals surface area contributed by atoms with E-state index in [1.807, 2.05) is 25.1 Å². The zero-order chi connectivity index (χ0) is 14.7. The van der Waals surface area contributed by atoms with Crippen LogP contribution in [-0.2, 0) is 4.74 Å². The van der Waals surface area contributed by atoms with E-state index in [0.29, 0.717) is 22.9 Å². The quantitative estimate of drug-likeness (QED) is 0.824. The molecule has 0 aliphatic carbocycles. The SMILES string of the molecule is CCOC(=O)c1c(C)nsc1Nc1ccc(Br)c(C)c1. The summed E-state index contributed by atoms with van der Waals surface area (Å²) in [6.45, 7) is 5.96. The van der Waals surface area contributed by atoms with Gasteiger partial charge in [0.25, 0.3) is 0 Å². The van der Waals surface area contributed by atoms with Crippen molar-refractivity contribution in [3.8, 4) is 0 Å². The molecule has 4 nitrogen and oxygen atoms in total. The maximum Gasteiger partial charge on any atom is 0.343 e. The Balaban J connectivity index is 2.29. The van der Waals surface area contributed by atoms with Crippen LogP contribution in [0.1, 0.15) is 28.5 Å². The molecule has 0 aliphatic heterocycles. The van der Waals surface area contributed by atoms with Gasteiger partial charge in [0.15, 0.2) is 0 Å². The van der Waals surface area contributed by atoms with Crippen molar-refractivity contribution in [2.45, 2.75) is 20.8 Å². The van der Waals surface area contributed by atoms with Crippen molar-refractivity contribution in [3.63, 3.8) is 0 Å². The van der Waals surface area contributed by atoms with Crippen molar-refractivity contribution in [2.24, 2.45) is 0 Å². The summed E-state index contributed by atoms with van der Waals surface area (Å²) in [5, 5.41) is 3.95. The first-order valence-corrected chi connectivity index (χ1v) is 7.76. The number of carbonyl (C=O) groups excluding carboxylic acids is 1. The lowest BCUT2D eigenvalue weighted by Crippen LogP contribution is -2.07. The van der Waals surface area contributed by atoms with E-state index in [1.165, 1.54) is 11.5 Å². The molecule has 1 N–H and O–H groups in total. The second-order valence-electron chi connectivity index (χ2n) is 4.28. The minimum absolute atomic E-state index is 0.338. The van der Waals surface area contributed by atoms with E-state index in [9.17, 15) is 4.79 Å². The molecule has 20 heavy (non-hydrogen) atoms. The summed E-state index contributed by atoms with van der Waals surface area (Å²) in [4.78, 5) is 12.0. The van der Waals surface area contributed by atoms with Gasteiger partial charge in [-0.15, -0.1) is 0 Å². The monoisotopic (exact) mass is 354 g/mol. The molecule has 0 fully saturated rings. The van der Waals surface area contributed by atoms with Gasteiger partial charge in [-0.05, 0) is 56.1 Å². The second-order valence-corrected chi connectivity index (χ2v) is 5.91. The largest absolute Gasteiger partial charge is 0.462 e. The fraction of sp³-hybridized carbons (Fsp3) is 0.286. The summed E-state index contributed by atoms with van der Waals surface area (Å²) in [6, 6.07) is 5.92. The molecule has 0 bridgehead atoms. The molecule has 0 saturated heterocycles. The third-order valence-corrected chi connectivity index (χ3v) is 4.50. The number of hydrogen-bond donors (Lipinski definition) is 1. The van der Waals surface area contributed by atoms with Crippen molar-refractivity contribution in [3.05, 3.63) is 39.5 Å². The van der Waals surface area contributed by atoms with Crippen LogP contribution in [-0.4, -0.2) is 16.9 Å². The number of aromatic nitrogens is 1. The molecule has 1 heterocycles. The van der Waals surface area contributed by atoms with Crippen molar-refractivity contribution < 1.29 is 9.53 Å². The van der Waals surface area contributed by atoms with Crippen LogP contribution < -0.4 is 5.32 Å². The minimum atomic E-state index is -0.338. The Labute approximate surface area is 130 Å². The number of carbonyl (C=O) groups is 1. The number of nitrogens with one attached hydrogen (secondary N) is 1. The van der Waals surface area contributed by atoms with Crippen LogP contribution in [0.15, 0.2) is 22.7 Å². The molecule has 0 saturated carbocycles. The van der Waals surface area contributed by atoms with E-state index in [4.69, 9.17) is 4.74 Å². The van der Waals surface area contributed by atoms with Crippen LogP contribution >= 0.6 is 27.5 Å². The van der Waals surface area contributed by atoms with Crippen LogP contribution in [0.4, 0.5) is 10.7 Å². The Bertz CT molecular complexity index is 640. The topological polar surface area (TPSA) is 51.2 Å². The number of ether oxygens (including phenoxy) is 1. The normalized spacial score (nSPS) is 10.4. The smallest absolute Gasteiger partial charge is 0.343 e. The highest BCUT2D eigenvalue weighted by Crippen LogP contribution is 2.30. The predicted octanol–water partition coefficient (Wildman–Crippen LogP) is 4.44. The van der Waals surface area contributed by atoms with Gasteiger partial charge < -0.3 is 10.1 Å². The first-order valence-electron chi connectivity index (χ1n) is 6.19. The van der Waals surface area contributed by atoms with E-state index < -0.39 is 0 Å². The molecule has 0 unspecified atom stereocenters. The summed E-state index contributed by atoms with van der Waals surface area (Å²) in [5.41, 5.74) is 3.23. The molecule has 106 valence electrons. The third-order valence-electron chi connectivity index (χ3n) is 2.76. The Morgan fingerprint density at radius 2 is 2.20 bits per heavy atom. The van der Waals surface area contributed by atoms with E-state index in [0.717, 1.165) is 15.7 Å². The summed E-state index contributed by atoms with van der Waals surface area (Å²) in [5.74, 6) is -0.338. The molecule has 0 radical (unpaired) electrons. The summed E-state index contributed by atoms with van der Waals surface area (Å²) in [7, 11) is 0. The van der Waals surface area contributed by atoms with Gasteiger partial charge in [-0.2, -0.15) is 4.37 Å². The van der Waals surface area contributed by atoms with Gasteiger partial charge in [0.2, 0.25) is 0 Å². The van der Waals surface area contributed by atoms with Gasteiger partial charge in [-0.25, -0.2) is 4.79 Å². The fourth-order valence-electron chi connectivity index (χ4n) is 1.75. The molecule has 6 heteroatoms. The lowest BCUT2D eigenvalue weighted by molar-refractivity contribution is 0.0527. The number of aryl methyl sites for hydroxylation is 2. The number of nitrogens with zero attached hydrogens (tertiary/aromatic N) is 1. The highest BCUT2D eigenvalue weighted by atomic mass is 79.9. The maximum absolute atomic E-state index is 12.0. The molecular formula is C14H15BrN2O2S. The highest BCUT2D eigenvalue weighted by Gasteiger charge is 2.19. The summed E-state index contributed by atoms with van der Waals surface area (Å²) >= 11 is 4.73. The number of anilines is 2. The van der Waals surface area contributed by atoms with Crippen molar-refractivity contribution in [2.75, 3.05) is 11.9 Å². The standard InChI is InChI=1S/C14H15BrN2O2S/c1-4-19-14(18)12-9(3)17-20-13(12)16-10-5-6-11(15)8(2)7-10/h5-7,16H,4H2,1-3H3. The molecule has 2 rings (SSSR count). The Morgan fingerprint density at radius 3 is 2.85 bits per heavy atom. The van der Waals surface area contributed by atoms with Gasteiger partial charge >= 0.3 is 5.97 Å². The lowest BCUT2D eigenvalue weighted by Gasteiger charge is -2.08. The predicted molar refractivity (Wildman–Crippen MR) is 85.0 cm³/mol. The van der Waals surface area contributed by atoms with Gasteiger partial charge in [0.1, 0.15) is 10.6 Å². The lowest BCUT2D eigenvalue weighted by atomic mass is 10.2. The van der Waals surface area contributed by atoms with Crippen LogP contribution in [0, 0.1) is 13.8 Å². The van der Waals surface area contributed by atoms with E-state index in [-0.39, 0.29) is 5.97 Å². The van der Waals surface area contributed by atoms with Crippen LogP contribution in [0.5, 0.6) is 0 Å². The first kappa shape index (κ1) is 15.0. The zero-order valence-electron chi connectivity index (χ0n) is 11.5. The van der Waals surface area contributed by atoms with Crippen LogP contribution in [0.25, 0.3) is 0 Å². The number of hydrogen-bond acceptors (Lipinski definition) is 5. The Hall–Kier alpha value is -1.40. The Morgan fingerprint density at radius 1 is 1.45 bits per heavy atom. The average molecular weight is 355 g/mol. The fourth-order valence-corrected chi connectivity index (χ4v) is 2.80. The van der Waals surface area contributed by atoms with Crippen LogP contribution in [0.2, 0.25) is 0 Å². The molecule has 0 amide bonds. The van der Waals surface area contributed by atoms with Crippen molar-refractivity contribution >= 4 is 44.1 Å². The Kier molecular flexibility index (Phi) is 4.77. The molecule has 0 atom stereocenters. The molecule has 0 aliphatic rings. The second kappa shape index (κ2) is 6.37. The van der Waals surface area contributed by atoms with E-state index >= 15 is 0 Å². The van der Waals surface area contributed by atoms with Gasteiger partial charge in [0.05, 0.1) is 12.3 Å². The average Bonchev–Trinajstić information content (AvgIpc) is 2.75. The van der Waals surface area contributed by atoms with Gasteiger partial charge in [-0.1, -0.05) is 15.9 Å². The van der Waals surface area contributed by atoms with Crippen molar-refractivity contribution in [1.29, 1.82) is 0 Å². The number of benzene rings is 1.